The monoisotopic (exact) mass is 330 g/mol. The minimum absolute atomic E-state index is 0.235. The molecule has 1 aromatic heterocycles. The van der Waals surface area contributed by atoms with E-state index in [9.17, 15) is 14.7 Å². The summed E-state index contributed by atoms with van der Waals surface area (Å²) in [5.74, 6) is -0.914. The minimum Gasteiger partial charge on any atom is -0.479 e. The number of carboxylic acid groups (broad SMARTS) is 1. The third-order valence-electron chi connectivity index (χ3n) is 4.05. The number of rotatable bonds is 4. The molecule has 7 heteroatoms. The molecular weight excluding hydrogens is 312 g/mol. The van der Waals surface area contributed by atoms with Crippen LogP contribution in [-0.4, -0.2) is 46.0 Å². The highest BCUT2D eigenvalue weighted by Gasteiger charge is 2.49. The minimum atomic E-state index is -1.06. The summed E-state index contributed by atoms with van der Waals surface area (Å²) in [5, 5.41) is 9.53. The number of carbonyl (C=O) groups is 2. The van der Waals surface area contributed by atoms with Gasteiger partial charge in [-0.15, -0.1) is 11.3 Å². The van der Waals surface area contributed by atoms with Crippen molar-refractivity contribution in [1.82, 2.24) is 9.80 Å². The Morgan fingerprint density at radius 2 is 2.24 bits per heavy atom. The lowest BCUT2D eigenvalue weighted by Crippen LogP contribution is -2.55. The second kappa shape index (κ2) is 6.23. The number of amides is 2. The van der Waals surface area contributed by atoms with Crippen LogP contribution in [0, 0.1) is 0 Å². The molecule has 1 aromatic rings. The Hall–Kier alpha value is -1.27. The van der Waals surface area contributed by atoms with Crippen molar-refractivity contribution in [3.63, 3.8) is 0 Å². The summed E-state index contributed by atoms with van der Waals surface area (Å²) in [7, 11) is 1.69. The van der Waals surface area contributed by atoms with Crippen LogP contribution in [0.1, 0.15) is 31.1 Å². The molecule has 1 N–H and O–H groups in total. The molecule has 1 unspecified atom stereocenters. The van der Waals surface area contributed by atoms with Crippen LogP contribution < -0.4 is 0 Å². The number of urea groups is 1. The summed E-state index contributed by atoms with van der Waals surface area (Å²) in [6.45, 7) is 2.75. The van der Waals surface area contributed by atoms with Crippen molar-refractivity contribution in [2.24, 2.45) is 0 Å². The van der Waals surface area contributed by atoms with Crippen LogP contribution in [0.4, 0.5) is 4.79 Å². The zero-order valence-corrected chi connectivity index (χ0v) is 13.7. The normalized spacial score (nSPS) is 21.6. The number of halogens is 1. The van der Waals surface area contributed by atoms with Gasteiger partial charge in [-0.2, -0.15) is 0 Å². The van der Waals surface area contributed by atoms with E-state index in [0.29, 0.717) is 30.3 Å². The number of carboxylic acids is 1. The first-order valence-corrected chi connectivity index (χ1v) is 8.10. The maximum absolute atomic E-state index is 12.6. The fourth-order valence-electron chi connectivity index (χ4n) is 2.84. The van der Waals surface area contributed by atoms with Crippen LogP contribution in [-0.2, 0) is 11.3 Å². The van der Waals surface area contributed by atoms with Crippen molar-refractivity contribution < 1.29 is 14.7 Å². The Morgan fingerprint density at radius 3 is 2.76 bits per heavy atom. The predicted molar refractivity (Wildman–Crippen MR) is 82.8 cm³/mol. The standard InChI is InChI=1S/C14H19ClN2O3S/c1-3-14(12(18)19)7-4-8-17(14)13(20)16(2)9-10-5-6-11(15)21-10/h5-6H,3-4,7-9H2,1-2H3,(H,18,19). The molecule has 1 fully saturated rings. The topological polar surface area (TPSA) is 60.9 Å². The van der Waals surface area contributed by atoms with Crippen LogP contribution >= 0.6 is 22.9 Å². The van der Waals surface area contributed by atoms with E-state index in [1.54, 1.807) is 18.0 Å². The average molecular weight is 331 g/mol. The Labute approximate surface area is 133 Å². The van der Waals surface area contributed by atoms with Crippen molar-refractivity contribution in [3.8, 4) is 0 Å². The average Bonchev–Trinajstić information content (AvgIpc) is 3.04. The zero-order chi connectivity index (χ0) is 15.6. The van der Waals surface area contributed by atoms with Gasteiger partial charge in [-0.1, -0.05) is 18.5 Å². The maximum Gasteiger partial charge on any atom is 0.329 e. The predicted octanol–water partition coefficient (Wildman–Crippen LogP) is 3.28. The SMILES string of the molecule is CCC1(C(=O)O)CCCN1C(=O)N(C)Cc1ccc(Cl)s1. The summed E-state index contributed by atoms with van der Waals surface area (Å²) in [6.07, 6.45) is 1.67. The molecule has 0 bridgehead atoms. The molecule has 1 saturated heterocycles. The molecule has 2 rings (SSSR count). The highest BCUT2D eigenvalue weighted by molar-refractivity contribution is 7.16. The van der Waals surface area contributed by atoms with Gasteiger partial charge in [0.1, 0.15) is 5.54 Å². The summed E-state index contributed by atoms with van der Waals surface area (Å²) >= 11 is 7.31. The molecule has 1 atom stereocenters. The number of likely N-dealkylation sites (tertiary alicyclic amines) is 1. The van der Waals surface area contributed by atoms with Crippen molar-refractivity contribution >= 4 is 34.9 Å². The van der Waals surface area contributed by atoms with Crippen molar-refractivity contribution in [1.29, 1.82) is 0 Å². The molecule has 1 aliphatic rings. The maximum atomic E-state index is 12.6. The molecule has 2 heterocycles. The van der Waals surface area contributed by atoms with Gasteiger partial charge in [-0.3, -0.25) is 0 Å². The molecule has 0 saturated carbocycles. The summed E-state index contributed by atoms with van der Waals surface area (Å²) < 4.78 is 0.681. The van der Waals surface area contributed by atoms with E-state index in [1.165, 1.54) is 16.2 Å². The van der Waals surface area contributed by atoms with Gasteiger partial charge in [0.05, 0.1) is 10.9 Å². The molecule has 0 aliphatic carbocycles. The Bertz CT molecular complexity index is 548. The first-order valence-electron chi connectivity index (χ1n) is 6.91. The van der Waals surface area contributed by atoms with Crippen LogP contribution in [0.5, 0.6) is 0 Å². The van der Waals surface area contributed by atoms with E-state index in [4.69, 9.17) is 11.6 Å². The first-order chi connectivity index (χ1) is 9.90. The molecule has 2 amide bonds. The fraction of sp³-hybridized carbons (Fsp3) is 0.571. The van der Waals surface area contributed by atoms with E-state index >= 15 is 0 Å². The molecule has 0 radical (unpaired) electrons. The van der Waals surface area contributed by atoms with Gasteiger partial charge in [0.15, 0.2) is 0 Å². The van der Waals surface area contributed by atoms with Crippen molar-refractivity contribution in [2.45, 2.75) is 38.3 Å². The molecule has 5 nitrogen and oxygen atoms in total. The van der Waals surface area contributed by atoms with Crippen molar-refractivity contribution in [2.75, 3.05) is 13.6 Å². The summed E-state index contributed by atoms with van der Waals surface area (Å²) in [5.41, 5.74) is -1.06. The zero-order valence-electron chi connectivity index (χ0n) is 12.1. The lowest BCUT2D eigenvalue weighted by Gasteiger charge is -2.36. The second-order valence-corrected chi connectivity index (χ2v) is 7.09. The van der Waals surface area contributed by atoms with Gasteiger partial charge in [0.25, 0.3) is 0 Å². The molecular formula is C14H19ClN2O3S. The smallest absolute Gasteiger partial charge is 0.329 e. The van der Waals surface area contributed by atoms with E-state index in [0.717, 1.165) is 11.3 Å². The number of nitrogens with zero attached hydrogens (tertiary/aromatic N) is 2. The number of aliphatic carboxylic acids is 1. The lowest BCUT2D eigenvalue weighted by atomic mass is 9.93. The van der Waals surface area contributed by atoms with Gasteiger partial charge < -0.3 is 14.9 Å². The molecule has 21 heavy (non-hydrogen) atoms. The third kappa shape index (κ3) is 3.01. The largest absolute Gasteiger partial charge is 0.479 e. The molecule has 0 aromatic carbocycles. The summed E-state index contributed by atoms with van der Waals surface area (Å²) in [6, 6.07) is 3.44. The van der Waals surface area contributed by atoms with Gasteiger partial charge >= 0.3 is 12.0 Å². The van der Waals surface area contributed by atoms with Crippen LogP contribution in [0.2, 0.25) is 4.34 Å². The molecule has 0 spiro atoms. The number of hydrogen-bond acceptors (Lipinski definition) is 3. The van der Waals surface area contributed by atoms with E-state index in [2.05, 4.69) is 0 Å². The Morgan fingerprint density at radius 1 is 1.52 bits per heavy atom. The Kier molecular flexibility index (Phi) is 4.78. The highest BCUT2D eigenvalue weighted by atomic mass is 35.5. The van der Waals surface area contributed by atoms with Crippen LogP contribution in [0.3, 0.4) is 0 Å². The molecule has 1 aliphatic heterocycles. The lowest BCUT2D eigenvalue weighted by molar-refractivity contribution is -0.148. The number of thiophene rings is 1. The van der Waals surface area contributed by atoms with Gasteiger partial charge in [0, 0.05) is 18.5 Å². The third-order valence-corrected chi connectivity index (χ3v) is 5.27. The Balaban J connectivity index is 2.12. The number of hydrogen-bond donors (Lipinski definition) is 1. The summed E-state index contributed by atoms with van der Waals surface area (Å²) in [4.78, 5) is 28.3. The van der Waals surface area contributed by atoms with Gasteiger partial charge in [-0.25, -0.2) is 9.59 Å². The number of carbonyl (C=O) groups excluding carboxylic acids is 1. The highest BCUT2D eigenvalue weighted by Crippen LogP contribution is 2.34. The fourth-order valence-corrected chi connectivity index (χ4v) is 3.98. The first kappa shape index (κ1) is 16.1. The second-order valence-electron chi connectivity index (χ2n) is 5.29. The molecule has 116 valence electrons. The van der Waals surface area contributed by atoms with Gasteiger partial charge in [-0.05, 0) is 31.4 Å². The quantitative estimate of drug-likeness (QED) is 0.921. The van der Waals surface area contributed by atoms with E-state index < -0.39 is 11.5 Å². The van der Waals surface area contributed by atoms with E-state index in [-0.39, 0.29) is 6.03 Å². The van der Waals surface area contributed by atoms with E-state index in [1.807, 2.05) is 13.0 Å². The van der Waals surface area contributed by atoms with Crippen LogP contribution in [0.25, 0.3) is 0 Å². The van der Waals surface area contributed by atoms with Crippen LogP contribution in [0.15, 0.2) is 12.1 Å². The van der Waals surface area contributed by atoms with Gasteiger partial charge in [0.2, 0.25) is 0 Å². The van der Waals surface area contributed by atoms with Crippen molar-refractivity contribution in [3.05, 3.63) is 21.3 Å².